The first-order valence-electron chi connectivity index (χ1n) is 7.77. The van der Waals surface area contributed by atoms with Crippen LogP contribution in [-0.4, -0.2) is 20.6 Å². The molecule has 0 aliphatic heterocycles. The van der Waals surface area contributed by atoms with Crippen molar-refractivity contribution in [1.82, 2.24) is 9.55 Å². The van der Waals surface area contributed by atoms with Gasteiger partial charge in [-0.25, -0.2) is 4.98 Å². The summed E-state index contributed by atoms with van der Waals surface area (Å²) in [6.07, 6.45) is 10.9. The van der Waals surface area contributed by atoms with Gasteiger partial charge in [-0.15, -0.1) is 0 Å². The van der Waals surface area contributed by atoms with Gasteiger partial charge in [0.1, 0.15) is 11.7 Å². The smallest absolute Gasteiger partial charge is 0.314 e. The van der Waals surface area contributed by atoms with Crippen LogP contribution >= 0.6 is 0 Å². The Morgan fingerprint density at radius 3 is 2.25 bits per heavy atom. The molecule has 0 saturated heterocycles. The predicted molar refractivity (Wildman–Crippen MR) is 74.2 cm³/mol. The molecule has 0 radical (unpaired) electrons. The van der Waals surface area contributed by atoms with Crippen molar-refractivity contribution in [3.8, 4) is 0 Å². The maximum Gasteiger partial charge on any atom is 0.314 e. The molecule has 1 N–H and O–H groups in total. The summed E-state index contributed by atoms with van der Waals surface area (Å²) < 4.78 is 1.90. The lowest BCUT2D eigenvalue weighted by atomic mass is 9.46. The lowest BCUT2D eigenvalue weighted by Gasteiger charge is -2.58. The molecule has 108 valence electrons. The van der Waals surface area contributed by atoms with Crippen LogP contribution < -0.4 is 0 Å². The average Bonchev–Trinajstić information content (AvgIpc) is 2.73. The number of imidazole rings is 1. The van der Waals surface area contributed by atoms with E-state index in [4.69, 9.17) is 0 Å². The van der Waals surface area contributed by atoms with Crippen LogP contribution in [0.3, 0.4) is 0 Å². The fourth-order valence-electron chi connectivity index (χ4n) is 5.83. The number of aliphatic carboxylic acids is 1. The molecule has 4 nitrogen and oxygen atoms in total. The highest BCUT2D eigenvalue weighted by atomic mass is 16.4. The molecule has 0 spiro atoms. The van der Waals surface area contributed by atoms with Crippen LogP contribution in [0.25, 0.3) is 0 Å². The first-order chi connectivity index (χ1) is 9.57. The van der Waals surface area contributed by atoms with Gasteiger partial charge in [0, 0.05) is 19.4 Å². The Morgan fingerprint density at radius 2 is 1.85 bits per heavy atom. The summed E-state index contributed by atoms with van der Waals surface area (Å²) in [6, 6.07) is 0. The highest BCUT2D eigenvalue weighted by molar-refractivity contribution is 5.76. The molecule has 1 atom stereocenters. The summed E-state index contributed by atoms with van der Waals surface area (Å²) in [7, 11) is 1.92. The molecule has 1 unspecified atom stereocenters. The van der Waals surface area contributed by atoms with Crippen molar-refractivity contribution < 1.29 is 9.90 Å². The molecule has 4 aliphatic carbocycles. The highest BCUT2D eigenvalue weighted by Crippen LogP contribution is 2.64. The van der Waals surface area contributed by atoms with Gasteiger partial charge >= 0.3 is 5.97 Å². The van der Waals surface area contributed by atoms with Crippen molar-refractivity contribution in [2.24, 2.45) is 30.2 Å². The second kappa shape index (κ2) is 4.09. The molecule has 4 aliphatic rings. The van der Waals surface area contributed by atoms with E-state index in [0.29, 0.717) is 0 Å². The van der Waals surface area contributed by atoms with E-state index in [1.165, 1.54) is 19.3 Å². The maximum atomic E-state index is 12.0. The number of carbonyl (C=O) groups is 1. The fraction of sp³-hybridized carbons (Fsp3) is 0.750. The maximum absolute atomic E-state index is 12.0. The molecule has 0 amide bonds. The standard InChI is InChI=1S/C16H22N2O2/c1-18-3-2-17-14(18)13(15(19)20)16-7-10-4-11(8-16)6-12(5-10)9-16/h2-3,10-13H,4-9H2,1H3,(H,19,20). The summed E-state index contributed by atoms with van der Waals surface area (Å²) in [4.78, 5) is 16.4. The van der Waals surface area contributed by atoms with Crippen molar-refractivity contribution in [1.29, 1.82) is 0 Å². The quantitative estimate of drug-likeness (QED) is 0.922. The van der Waals surface area contributed by atoms with Crippen LogP contribution in [0.1, 0.15) is 50.3 Å². The Labute approximate surface area is 119 Å². The summed E-state index contributed by atoms with van der Waals surface area (Å²) in [6.45, 7) is 0. The first-order valence-corrected chi connectivity index (χ1v) is 7.77. The predicted octanol–water partition coefficient (Wildman–Crippen LogP) is 2.80. The number of nitrogens with zero attached hydrogens (tertiary/aromatic N) is 2. The zero-order valence-electron chi connectivity index (χ0n) is 12.0. The number of rotatable bonds is 3. The van der Waals surface area contributed by atoms with Gasteiger partial charge in [0.15, 0.2) is 0 Å². The molecule has 0 aromatic carbocycles. The Kier molecular flexibility index (Phi) is 2.54. The molecule has 4 fully saturated rings. The molecular weight excluding hydrogens is 252 g/mol. The van der Waals surface area contributed by atoms with Gasteiger partial charge in [-0.1, -0.05) is 0 Å². The van der Waals surface area contributed by atoms with Gasteiger partial charge in [0.25, 0.3) is 0 Å². The molecule has 1 heterocycles. The van der Waals surface area contributed by atoms with Crippen LogP contribution in [0.15, 0.2) is 12.4 Å². The van der Waals surface area contributed by atoms with Crippen LogP contribution in [0, 0.1) is 23.2 Å². The minimum Gasteiger partial charge on any atom is -0.481 e. The first kappa shape index (κ1) is 12.4. The zero-order valence-corrected chi connectivity index (χ0v) is 12.0. The van der Waals surface area contributed by atoms with Gasteiger partial charge in [-0.05, 0) is 61.7 Å². The van der Waals surface area contributed by atoms with E-state index in [1.807, 2.05) is 17.8 Å². The second-order valence-corrected chi connectivity index (χ2v) is 7.45. The topological polar surface area (TPSA) is 55.1 Å². The van der Waals surface area contributed by atoms with Gasteiger partial charge in [0.05, 0.1) is 0 Å². The largest absolute Gasteiger partial charge is 0.481 e. The van der Waals surface area contributed by atoms with E-state index in [1.54, 1.807) is 6.20 Å². The number of hydrogen-bond donors (Lipinski definition) is 1. The summed E-state index contributed by atoms with van der Waals surface area (Å²) >= 11 is 0. The van der Waals surface area contributed by atoms with Gasteiger partial charge < -0.3 is 9.67 Å². The molecule has 1 aromatic heterocycles. The van der Waals surface area contributed by atoms with Crippen molar-refractivity contribution in [3.63, 3.8) is 0 Å². The number of carboxylic acids is 1. The lowest BCUT2D eigenvalue weighted by Crippen LogP contribution is -2.51. The Hall–Kier alpha value is -1.32. The summed E-state index contributed by atoms with van der Waals surface area (Å²) in [5.74, 6) is 1.95. The van der Waals surface area contributed by atoms with E-state index < -0.39 is 11.9 Å². The van der Waals surface area contributed by atoms with Crippen LogP contribution in [0.5, 0.6) is 0 Å². The number of aryl methyl sites for hydroxylation is 1. The zero-order chi connectivity index (χ0) is 13.9. The normalized spacial score (nSPS) is 40.0. The molecule has 4 heteroatoms. The summed E-state index contributed by atoms with van der Waals surface area (Å²) in [5, 5.41) is 9.88. The van der Waals surface area contributed by atoms with E-state index >= 15 is 0 Å². The second-order valence-electron chi connectivity index (χ2n) is 7.45. The van der Waals surface area contributed by atoms with E-state index in [2.05, 4.69) is 4.98 Å². The van der Waals surface area contributed by atoms with Crippen LogP contribution in [-0.2, 0) is 11.8 Å². The van der Waals surface area contributed by atoms with Crippen LogP contribution in [0.2, 0.25) is 0 Å². The summed E-state index contributed by atoms with van der Waals surface area (Å²) in [5.41, 5.74) is -0.0281. The average molecular weight is 274 g/mol. The highest BCUT2D eigenvalue weighted by Gasteiger charge is 2.57. The minimum atomic E-state index is -0.679. The third-order valence-corrected chi connectivity index (χ3v) is 6.06. The Morgan fingerprint density at radius 1 is 1.30 bits per heavy atom. The van der Waals surface area contributed by atoms with E-state index in [9.17, 15) is 9.90 Å². The van der Waals surface area contributed by atoms with Gasteiger partial charge in [-0.3, -0.25) is 4.79 Å². The molecule has 4 bridgehead atoms. The Bertz CT molecular complexity index is 513. The molecular formula is C16H22N2O2. The minimum absolute atomic E-state index is 0.0281. The molecule has 5 rings (SSSR count). The van der Waals surface area contributed by atoms with E-state index in [0.717, 1.165) is 42.8 Å². The monoisotopic (exact) mass is 274 g/mol. The van der Waals surface area contributed by atoms with Gasteiger partial charge in [0.2, 0.25) is 0 Å². The third-order valence-electron chi connectivity index (χ3n) is 6.06. The van der Waals surface area contributed by atoms with Crippen molar-refractivity contribution in [2.75, 3.05) is 0 Å². The van der Waals surface area contributed by atoms with E-state index in [-0.39, 0.29) is 5.41 Å². The molecule has 4 saturated carbocycles. The Balaban J connectivity index is 1.77. The van der Waals surface area contributed by atoms with Crippen molar-refractivity contribution in [2.45, 2.75) is 44.4 Å². The lowest BCUT2D eigenvalue weighted by molar-refractivity contribution is -0.150. The number of hydrogen-bond acceptors (Lipinski definition) is 2. The molecule has 20 heavy (non-hydrogen) atoms. The third kappa shape index (κ3) is 1.66. The van der Waals surface area contributed by atoms with Crippen LogP contribution in [0.4, 0.5) is 0 Å². The SMILES string of the molecule is Cn1ccnc1C(C(=O)O)C12CC3CC(CC(C3)C1)C2. The molecule has 1 aromatic rings. The van der Waals surface area contributed by atoms with Gasteiger partial charge in [-0.2, -0.15) is 0 Å². The fourth-order valence-corrected chi connectivity index (χ4v) is 5.83. The number of aromatic nitrogens is 2. The van der Waals surface area contributed by atoms with Crippen molar-refractivity contribution >= 4 is 5.97 Å². The van der Waals surface area contributed by atoms with Crippen molar-refractivity contribution in [3.05, 3.63) is 18.2 Å². The number of carboxylic acid groups (broad SMARTS) is 1.